The highest BCUT2D eigenvalue weighted by atomic mass is 35.5. The first-order valence-electron chi connectivity index (χ1n) is 4.95. The van der Waals surface area contributed by atoms with Gasteiger partial charge in [-0.2, -0.15) is 0 Å². The van der Waals surface area contributed by atoms with Crippen molar-refractivity contribution in [2.75, 3.05) is 12.4 Å². The third-order valence-electron chi connectivity index (χ3n) is 2.33. The minimum Gasteiger partial charge on any atom is -0.369 e. The fraction of sp³-hybridized carbons (Fsp3) is 0.400. The van der Waals surface area contributed by atoms with Crippen molar-refractivity contribution in [2.24, 2.45) is 0 Å². The molecule has 0 aromatic carbocycles. The molecule has 1 aromatic rings. The van der Waals surface area contributed by atoms with E-state index in [1.165, 1.54) is 33.1 Å². The topological polar surface area (TPSA) is 94.4 Å². The highest BCUT2D eigenvalue weighted by Crippen LogP contribution is 2.25. The molecule has 0 atom stereocenters. The lowest BCUT2D eigenvalue weighted by atomic mass is 10.1. The van der Waals surface area contributed by atoms with E-state index in [2.05, 4.69) is 10.3 Å². The first kappa shape index (κ1) is 14.3. The van der Waals surface area contributed by atoms with Crippen LogP contribution in [0, 0.1) is 10.1 Å². The Bertz CT molecular complexity index is 490. The first-order valence-corrected chi connectivity index (χ1v) is 5.33. The van der Waals surface area contributed by atoms with Crippen molar-refractivity contribution in [3.63, 3.8) is 0 Å². The number of aromatic nitrogens is 1. The molecule has 0 aliphatic heterocycles. The van der Waals surface area contributed by atoms with Gasteiger partial charge in [0.25, 0.3) is 5.91 Å². The van der Waals surface area contributed by atoms with Crippen molar-refractivity contribution in [3.05, 3.63) is 27.4 Å². The zero-order valence-corrected chi connectivity index (χ0v) is 10.8. The van der Waals surface area contributed by atoms with Gasteiger partial charge in [0.15, 0.2) is 0 Å². The number of hydrogen-bond acceptors (Lipinski definition) is 5. The van der Waals surface area contributed by atoms with Crippen molar-refractivity contribution in [1.29, 1.82) is 0 Å². The summed E-state index contributed by atoms with van der Waals surface area (Å²) in [5, 5.41) is 13.1. The summed E-state index contributed by atoms with van der Waals surface area (Å²) >= 11 is 5.64. The van der Waals surface area contributed by atoms with Crippen LogP contribution >= 0.6 is 11.6 Å². The minimum absolute atomic E-state index is 0.0473. The molecule has 98 valence electrons. The van der Waals surface area contributed by atoms with Crippen LogP contribution in [-0.4, -0.2) is 28.5 Å². The normalized spacial score (nSPS) is 11.1. The summed E-state index contributed by atoms with van der Waals surface area (Å²) in [6.07, 6.45) is 0. The largest absolute Gasteiger partial charge is 0.369 e. The number of anilines is 1. The van der Waals surface area contributed by atoms with Crippen LogP contribution in [0.15, 0.2) is 12.1 Å². The standard InChI is InChI=1S/C10H12ClN3O4/c1-10(2,18-3)9(15)13-8-6(14(16)17)4-5-7(11)12-8/h4-5H,1-3H3,(H,12,13,15). The smallest absolute Gasteiger partial charge is 0.311 e. The minimum atomic E-state index is -1.13. The zero-order chi connectivity index (χ0) is 13.9. The maximum absolute atomic E-state index is 11.8. The number of pyridine rings is 1. The van der Waals surface area contributed by atoms with Gasteiger partial charge >= 0.3 is 5.69 Å². The molecule has 0 fully saturated rings. The molecule has 0 aliphatic rings. The van der Waals surface area contributed by atoms with E-state index in [0.29, 0.717) is 0 Å². The second kappa shape index (κ2) is 5.28. The first-order chi connectivity index (χ1) is 8.27. The Morgan fingerprint density at radius 1 is 1.56 bits per heavy atom. The monoisotopic (exact) mass is 273 g/mol. The van der Waals surface area contributed by atoms with Crippen LogP contribution in [-0.2, 0) is 9.53 Å². The summed E-state index contributed by atoms with van der Waals surface area (Å²) in [6, 6.07) is 2.45. The Labute approximate surface area is 108 Å². The molecular formula is C10H12ClN3O4. The average molecular weight is 274 g/mol. The fourth-order valence-corrected chi connectivity index (χ4v) is 1.17. The second-order valence-electron chi connectivity index (χ2n) is 3.93. The third-order valence-corrected chi connectivity index (χ3v) is 2.54. The lowest BCUT2D eigenvalue weighted by Crippen LogP contribution is -2.39. The van der Waals surface area contributed by atoms with Crippen molar-refractivity contribution in [2.45, 2.75) is 19.4 Å². The molecule has 0 aliphatic carbocycles. The number of amides is 1. The van der Waals surface area contributed by atoms with Gasteiger partial charge in [0.1, 0.15) is 10.8 Å². The quantitative estimate of drug-likeness (QED) is 0.514. The summed E-state index contributed by atoms with van der Waals surface area (Å²) in [5.74, 6) is -0.759. The van der Waals surface area contributed by atoms with Crippen molar-refractivity contribution in [1.82, 2.24) is 4.98 Å². The van der Waals surface area contributed by atoms with Gasteiger partial charge < -0.3 is 10.1 Å². The number of carbonyl (C=O) groups excluding carboxylic acids is 1. The SMILES string of the molecule is COC(C)(C)C(=O)Nc1nc(Cl)ccc1[N+](=O)[O-]. The highest BCUT2D eigenvalue weighted by molar-refractivity contribution is 6.29. The van der Waals surface area contributed by atoms with Gasteiger partial charge in [-0.05, 0) is 19.9 Å². The predicted octanol–water partition coefficient (Wildman–Crippen LogP) is 2.01. The van der Waals surface area contributed by atoms with Crippen molar-refractivity contribution >= 4 is 29.0 Å². The molecule has 18 heavy (non-hydrogen) atoms. The summed E-state index contributed by atoms with van der Waals surface area (Å²) < 4.78 is 4.96. The number of carbonyl (C=O) groups is 1. The van der Waals surface area contributed by atoms with E-state index < -0.39 is 16.4 Å². The summed E-state index contributed by atoms with van der Waals surface area (Å²) in [7, 11) is 1.36. The fourth-order valence-electron chi connectivity index (χ4n) is 1.02. The average Bonchev–Trinajstić information content (AvgIpc) is 2.28. The Kier molecular flexibility index (Phi) is 4.20. The number of halogens is 1. The van der Waals surface area contributed by atoms with E-state index in [9.17, 15) is 14.9 Å². The second-order valence-corrected chi connectivity index (χ2v) is 4.31. The molecular weight excluding hydrogens is 262 g/mol. The molecule has 0 unspecified atom stereocenters. The number of nitro groups is 1. The summed E-state index contributed by atoms with van der Waals surface area (Å²) in [6.45, 7) is 3.05. The van der Waals surface area contributed by atoms with Gasteiger partial charge in [0.2, 0.25) is 5.82 Å². The molecule has 1 aromatic heterocycles. The number of methoxy groups -OCH3 is 1. The van der Waals surface area contributed by atoms with Gasteiger partial charge in [0, 0.05) is 13.2 Å². The Morgan fingerprint density at radius 2 is 2.17 bits per heavy atom. The predicted molar refractivity (Wildman–Crippen MR) is 65.6 cm³/mol. The van der Waals surface area contributed by atoms with E-state index >= 15 is 0 Å². The lowest BCUT2D eigenvalue weighted by molar-refractivity contribution is -0.384. The Balaban J connectivity index is 3.07. The molecule has 1 heterocycles. The number of ether oxygens (including phenoxy) is 1. The van der Waals surface area contributed by atoms with Crippen LogP contribution in [0.25, 0.3) is 0 Å². The van der Waals surface area contributed by atoms with Crippen LogP contribution in [0.4, 0.5) is 11.5 Å². The maximum Gasteiger partial charge on any atom is 0.311 e. The third kappa shape index (κ3) is 3.14. The van der Waals surface area contributed by atoms with Crippen LogP contribution in [0.3, 0.4) is 0 Å². The molecule has 0 saturated carbocycles. The van der Waals surface area contributed by atoms with E-state index in [0.717, 1.165) is 0 Å². The van der Waals surface area contributed by atoms with Crippen LogP contribution in [0.2, 0.25) is 5.15 Å². The lowest BCUT2D eigenvalue weighted by Gasteiger charge is -2.21. The van der Waals surface area contributed by atoms with Crippen LogP contribution in [0.5, 0.6) is 0 Å². The van der Waals surface area contributed by atoms with E-state index in [1.54, 1.807) is 0 Å². The van der Waals surface area contributed by atoms with Crippen molar-refractivity contribution < 1.29 is 14.5 Å². The van der Waals surface area contributed by atoms with E-state index in [1.807, 2.05) is 0 Å². The highest BCUT2D eigenvalue weighted by Gasteiger charge is 2.29. The number of rotatable bonds is 4. The van der Waals surface area contributed by atoms with Gasteiger partial charge in [-0.25, -0.2) is 4.98 Å². The molecule has 0 saturated heterocycles. The summed E-state index contributed by atoms with van der Waals surface area (Å²) in [5.41, 5.74) is -1.46. The van der Waals surface area contributed by atoms with Gasteiger partial charge in [0.05, 0.1) is 4.92 Å². The number of hydrogen-bond donors (Lipinski definition) is 1. The zero-order valence-electron chi connectivity index (χ0n) is 10.1. The Morgan fingerprint density at radius 3 is 2.67 bits per heavy atom. The molecule has 7 nitrogen and oxygen atoms in total. The van der Waals surface area contributed by atoms with Gasteiger partial charge in [-0.1, -0.05) is 11.6 Å². The molecule has 0 spiro atoms. The molecule has 0 radical (unpaired) electrons. The molecule has 1 N–H and O–H groups in total. The summed E-state index contributed by atoms with van der Waals surface area (Å²) in [4.78, 5) is 25.6. The molecule has 0 bridgehead atoms. The van der Waals surface area contributed by atoms with Crippen LogP contribution in [0.1, 0.15) is 13.8 Å². The molecule has 8 heteroatoms. The van der Waals surface area contributed by atoms with Crippen LogP contribution < -0.4 is 5.32 Å². The molecule has 1 rings (SSSR count). The molecule has 1 amide bonds. The number of nitrogens with zero attached hydrogens (tertiary/aromatic N) is 2. The van der Waals surface area contributed by atoms with Gasteiger partial charge in [-0.15, -0.1) is 0 Å². The maximum atomic E-state index is 11.8. The Hall–Kier alpha value is -1.73. The van der Waals surface area contributed by atoms with E-state index in [4.69, 9.17) is 16.3 Å². The number of nitrogens with one attached hydrogen (secondary N) is 1. The van der Waals surface area contributed by atoms with E-state index in [-0.39, 0.29) is 16.7 Å². The van der Waals surface area contributed by atoms with Crippen molar-refractivity contribution in [3.8, 4) is 0 Å². The van der Waals surface area contributed by atoms with Gasteiger partial charge in [-0.3, -0.25) is 14.9 Å².